The Morgan fingerprint density at radius 3 is 2.82 bits per heavy atom. The first kappa shape index (κ1) is 14.7. The number of halogens is 2. The van der Waals surface area contributed by atoms with Crippen LogP contribution < -0.4 is 10.0 Å². The van der Waals surface area contributed by atoms with Gasteiger partial charge in [-0.05, 0) is 22.0 Å². The van der Waals surface area contributed by atoms with Gasteiger partial charge in [0, 0.05) is 23.8 Å². The summed E-state index contributed by atoms with van der Waals surface area (Å²) >= 11 is 9.16. The summed E-state index contributed by atoms with van der Waals surface area (Å²) in [6.45, 7) is 2.38. The van der Waals surface area contributed by atoms with Crippen molar-refractivity contribution in [1.29, 1.82) is 0 Å². The average Bonchev–Trinajstić information content (AvgIpc) is 2.21. The van der Waals surface area contributed by atoms with Crippen LogP contribution in [0.5, 0.6) is 0 Å². The SMILES string of the molecule is CCNS(=O)(=O)CCNc1ncc(Br)cc1Cl. The van der Waals surface area contributed by atoms with Crippen molar-refractivity contribution in [1.82, 2.24) is 9.71 Å². The lowest BCUT2D eigenvalue weighted by Crippen LogP contribution is -2.29. The van der Waals surface area contributed by atoms with Gasteiger partial charge in [0.15, 0.2) is 0 Å². The normalized spacial score (nSPS) is 11.5. The van der Waals surface area contributed by atoms with Crippen molar-refractivity contribution < 1.29 is 8.42 Å². The summed E-state index contributed by atoms with van der Waals surface area (Å²) in [5, 5.41) is 3.32. The molecule has 0 atom stereocenters. The molecule has 1 heterocycles. The smallest absolute Gasteiger partial charge is 0.213 e. The van der Waals surface area contributed by atoms with Gasteiger partial charge in [0.05, 0.1) is 10.8 Å². The van der Waals surface area contributed by atoms with Gasteiger partial charge in [0.1, 0.15) is 5.82 Å². The third kappa shape index (κ3) is 5.20. The van der Waals surface area contributed by atoms with Crippen molar-refractivity contribution in [2.45, 2.75) is 6.92 Å². The van der Waals surface area contributed by atoms with E-state index in [4.69, 9.17) is 11.6 Å². The van der Waals surface area contributed by atoms with E-state index in [1.54, 1.807) is 19.2 Å². The van der Waals surface area contributed by atoms with E-state index in [-0.39, 0.29) is 12.3 Å². The van der Waals surface area contributed by atoms with E-state index in [9.17, 15) is 8.42 Å². The van der Waals surface area contributed by atoms with E-state index in [1.807, 2.05) is 0 Å². The Bertz CT molecular complexity index is 481. The molecule has 0 aliphatic carbocycles. The van der Waals surface area contributed by atoms with Crippen LogP contribution >= 0.6 is 27.5 Å². The van der Waals surface area contributed by atoms with Crippen molar-refractivity contribution in [2.75, 3.05) is 24.2 Å². The molecular weight excluding hydrogens is 330 g/mol. The first-order valence-electron chi connectivity index (χ1n) is 4.97. The molecule has 0 spiro atoms. The minimum atomic E-state index is -3.22. The highest BCUT2D eigenvalue weighted by molar-refractivity contribution is 9.10. The van der Waals surface area contributed by atoms with E-state index in [2.05, 4.69) is 31.0 Å². The number of nitrogens with zero attached hydrogens (tertiary/aromatic N) is 1. The van der Waals surface area contributed by atoms with E-state index in [0.717, 1.165) is 4.47 Å². The van der Waals surface area contributed by atoms with E-state index in [1.165, 1.54) is 0 Å². The number of hydrogen-bond acceptors (Lipinski definition) is 4. The lowest BCUT2D eigenvalue weighted by atomic mass is 10.4. The minimum absolute atomic E-state index is 0.0189. The Balaban J connectivity index is 2.51. The van der Waals surface area contributed by atoms with Gasteiger partial charge in [0.25, 0.3) is 0 Å². The second-order valence-corrected chi connectivity index (χ2v) is 6.48. The number of nitrogens with one attached hydrogen (secondary N) is 2. The predicted octanol–water partition coefficient (Wildman–Crippen LogP) is 1.85. The van der Waals surface area contributed by atoms with Gasteiger partial charge in [0.2, 0.25) is 10.0 Å². The van der Waals surface area contributed by atoms with E-state index in [0.29, 0.717) is 17.4 Å². The molecule has 0 radical (unpaired) electrons. The number of pyridine rings is 1. The number of hydrogen-bond donors (Lipinski definition) is 2. The van der Waals surface area contributed by atoms with Crippen LogP contribution in [0.3, 0.4) is 0 Å². The van der Waals surface area contributed by atoms with Gasteiger partial charge in [-0.3, -0.25) is 0 Å². The summed E-state index contributed by atoms with van der Waals surface area (Å²) in [5.41, 5.74) is 0. The molecule has 2 N–H and O–H groups in total. The average molecular weight is 343 g/mol. The molecule has 5 nitrogen and oxygen atoms in total. The zero-order valence-electron chi connectivity index (χ0n) is 9.20. The maximum absolute atomic E-state index is 11.3. The Morgan fingerprint density at radius 1 is 1.53 bits per heavy atom. The van der Waals surface area contributed by atoms with Crippen LogP contribution in [0.4, 0.5) is 5.82 Å². The Hall–Kier alpha value is -0.370. The predicted molar refractivity (Wildman–Crippen MR) is 72.9 cm³/mol. The molecule has 0 aliphatic heterocycles. The molecular formula is C9H13BrClN3O2S. The number of rotatable bonds is 6. The Morgan fingerprint density at radius 2 is 2.24 bits per heavy atom. The first-order chi connectivity index (χ1) is 7.94. The monoisotopic (exact) mass is 341 g/mol. The fourth-order valence-electron chi connectivity index (χ4n) is 1.14. The van der Waals surface area contributed by atoms with Crippen LogP contribution in [0.2, 0.25) is 5.02 Å². The molecule has 8 heteroatoms. The standard InChI is InChI=1S/C9H13BrClN3O2S/c1-2-14-17(15,16)4-3-12-9-8(11)5-7(10)6-13-9/h5-6,14H,2-4H2,1H3,(H,12,13). The summed E-state index contributed by atoms with van der Waals surface area (Å²) in [7, 11) is -3.22. The highest BCUT2D eigenvalue weighted by Crippen LogP contribution is 2.22. The van der Waals surface area contributed by atoms with Gasteiger partial charge in [-0.25, -0.2) is 18.1 Å². The van der Waals surface area contributed by atoms with Gasteiger partial charge in [-0.1, -0.05) is 18.5 Å². The van der Waals surface area contributed by atoms with Gasteiger partial charge in [-0.2, -0.15) is 0 Å². The van der Waals surface area contributed by atoms with Crippen molar-refractivity contribution in [2.24, 2.45) is 0 Å². The zero-order valence-corrected chi connectivity index (χ0v) is 12.4. The van der Waals surface area contributed by atoms with Crippen LogP contribution in [-0.4, -0.2) is 32.2 Å². The second kappa shape index (κ2) is 6.53. The summed E-state index contributed by atoms with van der Waals surface area (Å²) in [6, 6.07) is 1.69. The second-order valence-electron chi connectivity index (χ2n) is 3.23. The first-order valence-corrected chi connectivity index (χ1v) is 7.79. The highest BCUT2D eigenvalue weighted by atomic mass is 79.9. The van der Waals surface area contributed by atoms with Crippen molar-refractivity contribution in [3.05, 3.63) is 21.8 Å². The summed E-state index contributed by atoms with van der Waals surface area (Å²) in [4.78, 5) is 4.04. The molecule has 96 valence electrons. The molecule has 17 heavy (non-hydrogen) atoms. The van der Waals surface area contributed by atoms with Crippen LogP contribution in [-0.2, 0) is 10.0 Å². The molecule has 0 aromatic carbocycles. The Kier molecular flexibility index (Phi) is 5.64. The van der Waals surface area contributed by atoms with Crippen LogP contribution in [0.1, 0.15) is 6.92 Å². The van der Waals surface area contributed by atoms with Crippen LogP contribution in [0.15, 0.2) is 16.7 Å². The number of aromatic nitrogens is 1. The van der Waals surface area contributed by atoms with Crippen molar-refractivity contribution >= 4 is 43.4 Å². The van der Waals surface area contributed by atoms with Gasteiger partial charge in [-0.15, -0.1) is 0 Å². The maximum Gasteiger partial charge on any atom is 0.213 e. The molecule has 0 fully saturated rings. The molecule has 0 saturated heterocycles. The minimum Gasteiger partial charge on any atom is -0.368 e. The van der Waals surface area contributed by atoms with Gasteiger partial charge >= 0.3 is 0 Å². The molecule has 0 amide bonds. The number of anilines is 1. The molecule has 0 unspecified atom stereocenters. The lowest BCUT2D eigenvalue weighted by molar-refractivity contribution is 0.584. The molecule has 0 aliphatic rings. The zero-order chi connectivity index (χ0) is 12.9. The summed E-state index contributed by atoms with van der Waals surface area (Å²) in [5.74, 6) is 0.455. The Labute approximate surface area is 114 Å². The molecule has 0 saturated carbocycles. The lowest BCUT2D eigenvalue weighted by Gasteiger charge is -2.08. The molecule has 0 bridgehead atoms. The van der Waals surface area contributed by atoms with Gasteiger partial charge < -0.3 is 5.32 Å². The van der Waals surface area contributed by atoms with E-state index < -0.39 is 10.0 Å². The maximum atomic E-state index is 11.3. The summed E-state index contributed by atoms with van der Waals surface area (Å²) in [6.07, 6.45) is 1.59. The third-order valence-corrected chi connectivity index (χ3v) is 4.03. The third-order valence-electron chi connectivity index (χ3n) is 1.84. The topological polar surface area (TPSA) is 71.1 Å². The van der Waals surface area contributed by atoms with Crippen LogP contribution in [0, 0.1) is 0 Å². The number of sulfonamides is 1. The molecule has 1 rings (SSSR count). The summed E-state index contributed by atoms with van der Waals surface area (Å²) < 4.78 is 25.9. The molecule has 1 aromatic heterocycles. The quantitative estimate of drug-likeness (QED) is 0.827. The fourth-order valence-corrected chi connectivity index (χ4v) is 2.79. The van der Waals surface area contributed by atoms with E-state index >= 15 is 0 Å². The van der Waals surface area contributed by atoms with Crippen molar-refractivity contribution in [3.8, 4) is 0 Å². The highest BCUT2D eigenvalue weighted by Gasteiger charge is 2.08. The molecule has 1 aromatic rings. The van der Waals surface area contributed by atoms with Crippen molar-refractivity contribution in [3.63, 3.8) is 0 Å². The largest absolute Gasteiger partial charge is 0.368 e. The fraction of sp³-hybridized carbons (Fsp3) is 0.444. The van der Waals surface area contributed by atoms with Crippen LogP contribution in [0.25, 0.3) is 0 Å².